The first kappa shape index (κ1) is 20.5. The third-order valence-corrected chi connectivity index (χ3v) is 5.78. The molecule has 1 aromatic heterocycles. The van der Waals surface area contributed by atoms with Gasteiger partial charge in [-0.05, 0) is 30.7 Å². The molecule has 150 valence electrons. The number of carbonyl (C=O) groups is 1. The maximum Gasteiger partial charge on any atom is 0.285 e. The Morgan fingerprint density at radius 1 is 1.24 bits per heavy atom. The van der Waals surface area contributed by atoms with Crippen LogP contribution >= 0.6 is 11.6 Å². The summed E-state index contributed by atoms with van der Waals surface area (Å²) >= 11 is 6.10. The van der Waals surface area contributed by atoms with Gasteiger partial charge in [-0.3, -0.25) is 14.9 Å². The lowest BCUT2D eigenvalue weighted by atomic mass is 10.2. The van der Waals surface area contributed by atoms with Crippen molar-refractivity contribution in [3.05, 3.63) is 86.9 Å². The zero-order valence-electron chi connectivity index (χ0n) is 15.1. The number of amides is 1. The summed E-state index contributed by atoms with van der Waals surface area (Å²) < 4.78 is 28.2. The van der Waals surface area contributed by atoms with Crippen LogP contribution in [0.25, 0.3) is 0 Å². The van der Waals surface area contributed by atoms with Crippen molar-refractivity contribution in [2.45, 2.75) is 18.4 Å². The summed E-state index contributed by atoms with van der Waals surface area (Å²) in [6.07, 6.45) is 1.39. The van der Waals surface area contributed by atoms with Gasteiger partial charge in [-0.2, -0.15) is 0 Å². The average molecular weight is 435 g/mol. The van der Waals surface area contributed by atoms with Gasteiger partial charge in [0, 0.05) is 18.3 Å². The van der Waals surface area contributed by atoms with Gasteiger partial charge in [-0.1, -0.05) is 29.8 Å². The van der Waals surface area contributed by atoms with Gasteiger partial charge < -0.3 is 4.57 Å². The fraction of sp³-hybridized carbons (Fsp3) is 0.111. The lowest BCUT2D eigenvalue weighted by molar-refractivity contribution is -0.384. The van der Waals surface area contributed by atoms with Gasteiger partial charge in [0.1, 0.15) is 11.5 Å². The molecule has 0 aliphatic carbocycles. The topological polar surface area (TPSA) is 124 Å². The Balaban J connectivity index is 1.80. The summed E-state index contributed by atoms with van der Waals surface area (Å²) in [6.45, 7) is 1.84. The predicted molar refractivity (Wildman–Crippen MR) is 105 cm³/mol. The standard InChI is InChI=1S/C18H15ClN4O5S/c1-12-20-17(18(24)21-29(27,28)15-5-3-2-4-6-15)11-22(12)10-13-7-8-14(23(25)26)9-16(13)19/h2-9,11H,10H2,1H3,(H,21,24). The smallest absolute Gasteiger partial charge is 0.285 e. The number of imidazole rings is 1. The van der Waals surface area contributed by atoms with Gasteiger partial charge in [0.2, 0.25) is 0 Å². The molecule has 2 aromatic carbocycles. The molecule has 0 atom stereocenters. The molecule has 0 saturated carbocycles. The summed E-state index contributed by atoms with van der Waals surface area (Å²) in [7, 11) is -4.02. The summed E-state index contributed by atoms with van der Waals surface area (Å²) in [5.41, 5.74) is 0.369. The SMILES string of the molecule is Cc1nc(C(=O)NS(=O)(=O)c2ccccc2)cn1Cc1ccc([N+](=O)[O-])cc1Cl. The van der Waals surface area contributed by atoms with Crippen LogP contribution in [0.4, 0.5) is 5.69 Å². The summed E-state index contributed by atoms with van der Waals surface area (Å²) in [5.74, 6) is -0.424. The molecule has 0 saturated heterocycles. The van der Waals surface area contributed by atoms with Crippen molar-refractivity contribution >= 4 is 33.2 Å². The van der Waals surface area contributed by atoms with E-state index in [1.54, 1.807) is 29.7 Å². The van der Waals surface area contributed by atoms with E-state index in [0.717, 1.165) is 0 Å². The van der Waals surface area contributed by atoms with Gasteiger partial charge in [-0.25, -0.2) is 18.1 Å². The molecule has 0 aliphatic rings. The fourth-order valence-corrected chi connectivity index (χ4v) is 3.79. The first-order valence-electron chi connectivity index (χ1n) is 8.26. The van der Waals surface area contributed by atoms with Crippen LogP contribution in [0.3, 0.4) is 0 Å². The second-order valence-electron chi connectivity index (χ2n) is 6.08. The van der Waals surface area contributed by atoms with E-state index >= 15 is 0 Å². The van der Waals surface area contributed by atoms with E-state index < -0.39 is 20.9 Å². The van der Waals surface area contributed by atoms with Crippen LogP contribution in [0.2, 0.25) is 5.02 Å². The lowest BCUT2D eigenvalue weighted by Gasteiger charge is -2.07. The van der Waals surface area contributed by atoms with Crippen molar-refractivity contribution < 1.29 is 18.1 Å². The Kier molecular flexibility index (Phi) is 5.66. The molecule has 29 heavy (non-hydrogen) atoms. The molecular weight excluding hydrogens is 420 g/mol. The number of rotatable bonds is 6. The van der Waals surface area contributed by atoms with Gasteiger partial charge in [0.05, 0.1) is 21.4 Å². The Hall–Kier alpha value is -3.24. The highest BCUT2D eigenvalue weighted by Crippen LogP contribution is 2.23. The highest BCUT2D eigenvalue weighted by atomic mass is 35.5. The zero-order valence-corrected chi connectivity index (χ0v) is 16.6. The summed E-state index contributed by atoms with van der Waals surface area (Å²) in [6, 6.07) is 11.6. The van der Waals surface area contributed by atoms with Gasteiger partial charge in [0.25, 0.3) is 21.6 Å². The molecule has 0 radical (unpaired) electrons. The molecule has 0 spiro atoms. The average Bonchev–Trinajstić information content (AvgIpc) is 3.04. The monoisotopic (exact) mass is 434 g/mol. The minimum atomic E-state index is -4.02. The number of nitrogens with one attached hydrogen (secondary N) is 1. The van der Waals surface area contributed by atoms with Crippen LogP contribution < -0.4 is 4.72 Å². The molecule has 1 amide bonds. The minimum absolute atomic E-state index is 0.0397. The molecule has 0 unspecified atom stereocenters. The number of hydrogen-bond donors (Lipinski definition) is 1. The number of halogens is 1. The van der Waals surface area contributed by atoms with E-state index in [-0.39, 0.29) is 27.8 Å². The Labute approximate surface area is 171 Å². The number of nitro benzene ring substituents is 1. The number of hydrogen-bond acceptors (Lipinski definition) is 6. The van der Waals surface area contributed by atoms with Crippen molar-refractivity contribution in [3.8, 4) is 0 Å². The van der Waals surface area contributed by atoms with E-state index in [9.17, 15) is 23.3 Å². The molecule has 3 aromatic rings. The number of non-ortho nitro benzene ring substituents is 1. The van der Waals surface area contributed by atoms with E-state index in [1.165, 1.54) is 36.5 Å². The fourth-order valence-electron chi connectivity index (χ4n) is 2.57. The molecule has 11 heteroatoms. The molecule has 0 fully saturated rings. The number of sulfonamides is 1. The van der Waals surface area contributed by atoms with E-state index in [2.05, 4.69) is 4.98 Å². The van der Waals surface area contributed by atoms with Crippen molar-refractivity contribution in [2.75, 3.05) is 0 Å². The maximum absolute atomic E-state index is 12.4. The molecule has 1 heterocycles. The van der Waals surface area contributed by atoms with Crippen molar-refractivity contribution in [2.24, 2.45) is 0 Å². The number of aromatic nitrogens is 2. The number of nitrogens with zero attached hydrogens (tertiary/aromatic N) is 3. The first-order valence-corrected chi connectivity index (χ1v) is 10.1. The maximum atomic E-state index is 12.4. The van der Waals surface area contributed by atoms with E-state index in [4.69, 9.17) is 11.6 Å². The van der Waals surface area contributed by atoms with Crippen LogP contribution in [0, 0.1) is 17.0 Å². The van der Waals surface area contributed by atoms with Crippen LogP contribution in [-0.4, -0.2) is 28.8 Å². The summed E-state index contributed by atoms with van der Waals surface area (Å²) in [5, 5.41) is 11.0. The Morgan fingerprint density at radius 2 is 1.93 bits per heavy atom. The van der Waals surface area contributed by atoms with E-state index in [1.807, 2.05) is 4.72 Å². The van der Waals surface area contributed by atoms with Crippen molar-refractivity contribution in [1.29, 1.82) is 0 Å². The number of benzene rings is 2. The van der Waals surface area contributed by atoms with Crippen LogP contribution in [-0.2, 0) is 16.6 Å². The molecule has 0 bridgehead atoms. The molecule has 1 N–H and O–H groups in total. The number of aryl methyl sites for hydroxylation is 1. The highest BCUT2D eigenvalue weighted by molar-refractivity contribution is 7.90. The molecule has 3 rings (SSSR count). The van der Waals surface area contributed by atoms with Crippen LogP contribution in [0.15, 0.2) is 59.6 Å². The highest BCUT2D eigenvalue weighted by Gasteiger charge is 2.21. The first-order chi connectivity index (χ1) is 13.7. The zero-order chi connectivity index (χ0) is 21.2. The number of nitro groups is 1. The Morgan fingerprint density at radius 3 is 2.55 bits per heavy atom. The van der Waals surface area contributed by atoms with Crippen LogP contribution in [0.1, 0.15) is 21.9 Å². The minimum Gasteiger partial charge on any atom is -0.330 e. The van der Waals surface area contributed by atoms with Crippen molar-refractivity contribution in [1.82, 2.24) is 14.3 Å². The molecule has 9 nitrogen and oxygen atoms in total. The number of carbonyl (C=O) groups excluding carboxylic acids is 1. The largest absolute Gasteiger partial charge is 0.330 e. The normalized spacial score (nSPS) is 11.2. The predicted octanol–water partition coefficient (Wildman–Crippen LogP) is 2.92. The van der Waals surface area contributed by atoms with Gasteiger partial charge in [0.15, 0.2) is 0 Å². The van der Waals surface area contributed by atoms with Crippen LogP contribution in [0.5, 0.6) is 0 Å². The second-order valence-corrected chi connectivity index (χ2v) is 8.17. The molecular formula is C18H15ClN4O5S. The third kappa shape index (κ3) is 4.61. The van der Waals surface area contributed by atoms with Crippen molar-refractivity contribution in [3.63, 3.8) is 0 Å². The van der Waals surface area contributed by atoms with Gasteiger partial charge in [-0.15, -0.1) is 0 Å². The van der Waals surface area contributed by atoms with Gasteiger partial charge >= 0.3 is 0 Å². The third-order valence-electron chi connectivity index (χ3n) is 4.08. The summed E-state index contributed by atoms with van der Waals surface area (Å²) in [4.78, 5) is 26.7. The van der Waals surface area contributed by atoms with E-state index in [0.29, 0.717) is 11.4 Å². The Bertz CT molecular complexity index is 1190. The second kappa shape index (κ2) is 8.02. The molecule has 0 aliphatic heterocycles. The quantitative estimate of drug-likeness (QED) is 0.469. The lowest BCUT2D eigenvalue weighted by Crippen LogP contribution is -2.30.